The molecule has 1 N–H and O–H groups in total. The van der Waals surface area contributed by atoms with Gasteiger partial charge in [0.1, 0.15) is 0 Å². The van der Waals surface area contributed by atoms with E-state index in [0.29, 0.717) is 6.04 Å². The van der Waals surface area contributed by atoms with Crippen LogP contribution in [0.3, 0.4) is 0 Å². The Bertz CT molecular complexity index is 280. The average molecular weight is 175 g/mol. The maximum atomic E-state index is 3.65. The van der Waals surface area contributed by atoms with Crippen LogP contribution in [0.25, 0.3) is 0 Å². The van der Waals surface area contributed by atoms with Gasteiger partial charge in [0.2, 0.25) is 0 Å². The lowest BCUT2D eigenvalue weighted by atomic mass is 9.91. The van der Waals surface area contributed by atoms with Crippen molar-refractivity contribution in [3.63, 3.8) is 0 Å². The summed E-state index contributed by atoms with van der Waals surface area (Å²) in [4.78, 5) is 0. The second-order valence-corrected chi connectivity index (χ2v) is 4.28. The normalized spacial score (nSPS) is 33.5. The molecule has 1 aromatic rings. The summed E-state index contributed by atoms with van der Waals surface area (Å²) in [6.07, 6.45) is 2.53. The molecule has 2 unspecified atom stereocenters. The number of benzene rings is 1. The van der Waals surface area contributed by atoms with E-state index in [0.717, 1.165) is 0 Å². The van der Waals surface area contributed by atoms with E-state index in [1.807, 2.05) is 0 Å². The van der Waals surface area contributed by atoms with Gasteiger partial charge in [-0.3, -0.25) is 0 Å². The van der Waals surface area contributed by atoms with Crippen molar-refractivity contribution in [1.29, 1.82) is 0 Å². The molecule has 0 radical (unpaired) electrons. The second-order valence-electron chi connectivity index (χ2n) is 4.28. The van der Waals surface area contributed by atoms with Crippen LogP contribution in [0.1, 0.15) is 32.3 Å². The maximum absolute atomic E-state index is 3.65. The molecular formula is C12H17N. The Balaban J connectivity index is 2.26. The topological polar surface area (TPSA) is 12.0 Å². The quantitative estimate of drug-likeness (QED) is 0.692. The first kappa shape index (κ1) is 8.76. The van der Waals surface area contributed by atoms with E-state index in [-0.39, 0.29) is 5.54 Å². The van der Waals surface area contributed by atoms with Gasteiger partial charge in [0, 0.05) is 11.6 Å². The zero-order chi connectivity index (χ0) is 9.31. The van der Waals surface area contributed by atoms with Crippen molar-refractivity contribution in [2.75, 3.05) is 0 Å². The highest BCUT2D eigenvalue weighted by atomic mass is 15.0. The molecule has 1 fully saturated rings. The number of nitrogens with one attached hydrogen (secondary N) is 1. The van der Waals surface area contributed by atoms with Crippen molar-refractivity contribution in [1.82, 2.24) is 5.32 Å². The van der Waals surface area contributed by atoms with Gasteiger partial charge in [-0.2, -0.15) is 0 Å². The van der Waals surface area contributed by atoms with Crippen LogP contribution in [0.15, 0.2) is 30.3 Å². The molecule has 2 rings (SSSR count). The fourth-order valence-electron chi connectivity index (χ4n) is 2.23. The van der Waals surface area contributed by atoms with Crippen molar-refractivity contribution in [2.45, 2.75) is 38.3 Å². The van der Waals surface area contributed by atoms with Gasteiger partial charge in [-0.25, -0.2) is 0 Å². The van der Waals surface area contributed by atoms with E-state index in [2.05, 4.69) is 49.5 Å². The van der Waals surface area contributed by atoms with E-state index in [1.165, 1.54) is 18.4 Å². The molecule has 0 spiro atoms. The first-order valence-electron chi connectivity index (χ1n) is 5.04. The highest BCUT2D eigenvalue weighted by molar-refractivity contribution is 5.25. The van der Waals surface area contributed by atoms with Crippen molar-refractivity contribution in [3.8, 4) is 0 Å². The van der Waals surface area contributed by atoms with Gasteiger partial charge in [-0.05, 0) is 32.3 Å². The lowest BCUT2D eigenvalue weighted by molar-refractivity contribution is 0.413. The highest BCUT2D eigenvalue weighted by Crippen LogP contribution is 2.32. The van der Waals surface area contributed by atoms with Crippen molar-refractivity contribution >= 4 is 0 Å². The Morgan fingerprint density at radius 2 is 2.00 bits per heavy atom. The van der Waals surface area contributed by atoms with Gasteiger partial charge in [-0.1, -0.05) is 30.3 Å². The van der Waals surface area contributed by atoms with Crippen LogP contribution in [0.2, 0.25) is 0 Å². The van der Waals surface area contributed by atoms with Gasteiger partial charge in [0.05, 0.1) is 0 Å². The van der Waals surface area contributed by atoms with Gasteiger partial charge in [-0.15, -0.1) is 0 Å². The van der Waals surface area contributed by atoms with Crippen LogP contribution in [0, 0.1) is 0 Å². The molecule has 0 amide bonds. The third kappa shape index (κ3) is 1.61. The third-order valence-corrected chi connectivity index (χ3v) is 3.05. The molecule has 1 nitrogen and oxygen atoms in total. The molecule has 0 aromatic heterocycles. The molecule has 1 saturated heterocycles. The third-order valence-electron chi connectivity index (χ3n) is 3.05. The summed E-state index contributed by atoms with van der Waals surface area (Å²) < 4.78 is 0. The molecule has 13 heavy (non-hydrogen) atoms. The van der Waals surface area contributed by atoms with Gasteiger partial charge >= 0.3 is 0 Å². The van der Waals surface area contributed by atoms with Crippen LogP contribution >= 0.6 is 0 Å². The van der Waals surface area contributed by atoms with E-state index < -0.39 is 0 Å². The predicted molar refractivity (Wildman–Crippen MR) is 55.6 cm³/mol. The molecule has 2 atom stereocenters. The van der Waals surface area contributed by atoms with Gasteiger partial charge in [0.25, 0.3) is 0 Å². The van der Waals surface area contributed by atoms with Crippen molar-refractivity contribution < 1.29 is 0 Å². The molecule has 1 aromatic carbocycles. The van der Waals surface area contributed by atoms with Crippen molar-refractivity contribution in [3.05, 3.63) is 35.9 Å². The largest absolute Gasteiger partial charge is 0.305 e. The summed E-state index contributed by atoms with van der Waals surface area (Å²) in [6, 6.07) is 11.4. The molecule has 0 aliphatic carbocycles. The zero-order valence-electron chi connectivity index (χ0n) is 8.38. The first-order chi connectivity index (χ1) is 6.21. The summed E-state index contributed by atoms with van der Waals surface area (Å²) >= 11 is 0. The van der Waals surface area contributed by atoms with Gasteiger partial charge < -0.3 is 5.32 Å². The van der Waals surface area contributed by atoms with E-state index >= 15 is 0 Å². The molecule has 0 saturated carbocycles. The molecular weight excluding hydrogens is 158 g/mol. The Morgan fingerprint density at radius 3 is 2.54 bits per heavy atom. The number of rotatable bonds is 1. The lowest BCUT2D eigenvalue weighted by Crippen LogP contribution is -2.36. The van der Waals surface area contributed by atoms with Crippen LogP contribution in [-0.4, -0.2) is 6.04 Å². The summed E-state index contributed by atoms with van der Waals surface area (Å²) in [5.74, 6) is 0. The van der Waals surface area contributed by atoms with Crippen LogP contribution in [-0.2, 0) is 5.54 Å². The van der Waals surface area contributed by atoms with Gasteiger partial charge in [0.15, 0.2) is 0 Å². The minimum absolute atomic E-state index is 0.209. The molecule has 0 bridgehead atoms. The predicted octanol–water partition coefficient (Wildman–Crippen LogP) is 2.67. The summed E-state index contributed by atoms with van der Waals surface area (Å²) in [6.45, 7) is 4.56. The van der Waals surface area contributed by atoms with E-state index in [4.69, 9.17) is 0 Å². The monoisotopic (exact) mass is 175 g/mol. The van der Waals surface area contributed by atoms with Crippen LogP contribution in [0.4, 0.5) is 0 Å². The lowest BCUT2D eigenvalue weighted by Gasteiger charge is -2.25. The smallest absolute Gasteiger partial charge is 0.0408 e. The zero-order valence-corrected chi connectivity index (χ0v) is 8.38. The number of hydrogen-bond acceptors (Lipinski definition) is 1. The fourth-order valence-corrected chi connectivity index (χ4v) is 2.23. The van der Waals surface area contributed by atoms with Crippen LogP contribution < -0.4 is 5.32 Å². The Morgan fingerprint density at radius 1 is 1.31 bits per heavy atom. The summed E-state index contributed by atoms with van der Waals surface area (Å²) in [5.41, 5.74) is 1.63. The van der Waals surface area contributed by atoms with Crippen molar-refractivity contribution in [2.24, 2.45) is 0 Å². The first-order valence-corrected chi connectivity index (χ1v) is 5.04. The molecule has 1 heterocycles. The average Bonchev–Trinajstić information content (AvgIpc) is 2.49. The molecule has 1 aliphatic heterocycles. The van der Waals surface area contributed by atoms with E-state index in [9.17, 15) is 0 Å². The maximum Gasteiger partial charge on any atom is 0.0408 e. The second kappa shape index (κ2) is 3.15. The summed E-state index contributed by atoms with van der Waals surface area (Å²) in [5, 5.41) is 3.65. The molecule has 1 heteroatoms. The standard InChI is InChI=1S/C12H17N/c1-10-8-9-12(2,13-10)11-6-4-3-5-7-11/h3-7,10,13H,8-9H2,1-2H3. The summed E-state index contributed by atoms with van der Waals surface area (Å²) in [7, 11) is 0. The number of hydrogen-bond donors (Lipinski definition) is 1. The van der Waals surface area contributed by atoms with Crippen LogP contribution in [0.5, 0.6) is 0 Å². The Hall–Kier alpha value is -0.820. The minimum Gasteiger partial charge on any atom is -0.305 e. The van der Waals surface area contributed by atoms with E-state index in [1.54, 1.807) is 0 Å². The fraction of sp³-hybridized carbons (Fsp3) is 0.500. The molecule has 1 aliphatic rings. The SMILES string of the molecule is CC1CCC(C)(c2ccccc2)N1. The Kier molecular flexibility index (Phi) is 2.12. The molecule has 70 valence electrons. The minimum atomic E-state index is 0.209. The Labute approximate surface area is 80.2 Å². The highest BCUT2D eigenvalue weighted by Gasteiger charge is 2.33.